The number of aromatic carboxylic acids is 1. The Morgan fingerprint density at radius 1 is 1.03 bits per heavy atom. The van der Waals surface area contributed by atoms with E-state index < -0.39 is 16.0 Å². The Kier molecular flexibility index (Phi) is 5.45. The predicted octanol–water partition coefficient (Wildman–Crippen LogP) is 4.53. The first-order valence-electron chi connectivity index (χ1n) is 8.95. The molecule has 0 saturated heterocycles. The molecule has 0 spiro atoms. The first-order chi connectivity index (χ1) is 14.8. The highest BCUT2D eigenvalue weighted by Gasteiger charge is 2.23. The molecule has 0 unspecified atom stereocenters. The average Bonchev–Trinajstić information content (AvgIpc) is 2.74. The quantitative estimate of drug-likeness (QED) is 0.391. The van der Waals surface area contributed by atoms with E-state index >= 15 is 0 Å². The van der Waals surface area contributed by atoms with Gasteiger partial charge in [0.1, 0.15) is 4.90 Å². The Labute approximate surface area is 182 Å². The van der Waals surface area contributed by atoms with Gasteiger partial charge in [0.2, 0.25) is 0 Å². The molecule has 8 nitrogen and oxygen atoms in total. The number of sulfonamides is 1. The van der Waals surface area contributed by atoms with Crippen LogP contribution in [0.4, 0.5) is 17.1 Å². The molecular formula is C21H15ClN4O4S. The number of carboxylic acids is 1. The van der Waals surface area contributed by atoms with Crippen LogP contribution in [0.5, 0.6) is 0 Å². The first-order valence-corrected chi connectivity index (χ1v) is 10.8. The first kappa shape index (κ1) is 20.6. The third-order valence-electron chi connectivity index (χ3n) is 4.43. The van der Waals surface area contributed by atoms with E-state index in [4.69, 9.17) is 11.6 Å². The van der Waals surface area contributed by atoms with Gasteiger partial charge in [-0.25, -0.2) is 13.2 Å². The minimum absolute atomic E-state index is 0.0140. The highest BCUT2D eigenvalue weighted by molar-refractivity contribution is 7.92. The molecule has 2 heterocycles. The van der Waals surface area contributed by atoms with Crippen LogP contribution in [-0.2, 0) is 10.0 Å². The lowest BCUT2D eigenvalue weighted by Gasteiger charge is -2.17. The number of carbonyl (C=O) groups is 1. The number of fused-ring (bicyclic) bond motifs is 1. The second-order valence-electron chi connectivity index (χ2n) is 6.48. The maximum Gasteiger partial charge on any atom is 0.337 e. The van der Waals surface area contributed by atoms with E-state index in [1.54, 1.807) is 36.4 Å². The fraction of sp³-hybridized carbons (Fsp3) is 0. The van der Waals surface area contributed by atoms with Gasteiger partial charge in [0.25, 0.3) is 10.0 Å². The minimum Gasteiger partial charge on any atom is -0.478 e. The molecule has 4 rings (SSSR count). The number of halogens is 1. The van der Waals surface area contributed by atoms with Crippen molar-refractivity contribution in [2.24, 2.45) is 0 Å². The van der Waals surface area contributed by atoms with E-state index in [-0.39, 0.29) is 21.8 Å². The van der Waals surface area contributed by atoms with Crippen LogP contribution in [0.3, 0.4) is 0 Å². The lowest BCUT2D eigenvalue weighted by Crippen LogP contribution is -2.16. The molecule has 10 heteroatoms. The highest BCUT2D eigenvalue weighted by atomic mass is 35.5. The molecule has 0 aliphatic carbocycles. The third kappa shape index (κ3) is 4.27. The number of anilines is 3. The average molecular weight is 455 g/mol. The summed E-state index contributed by atoms with van der Waals surface area (Å²) in [6.07, 6.45) is 4.13. The Balaban J connectivity index is 1.92. The molecular weight excluding hydrogens is 440 g/mol. The van der Waals surface area contributed by atoms with Crippen molar-refractivity contribution in [1.82, 2.24) is 9.97 Å². The SMILES string of the molecule is O=C(O)c1ccccc1Nc1c(S(=O)(=O)Nc2ccncc2)cnc2ccc(Cl)cc12. The van der Waals surface area contributed by atoms with Crippen molar-refractivity contribution in [1.29, 1.82) is 0 Å². The predicted molar refractivity (Wildman–Crippen MR) is 118 cm³/mol. The molecule has 3 N–H and O–H groups in total. The summed E-state index contributed by atoms with van der Waals surface area (Å²) in [6, 6.07) is 14.1. The molecule has 0 amide bonds. The van der Waals surface area contributed by atoms with Crippen LogP contribution in [0.25, 0.3) is 10.9 Å². The Bertz CT molecular complexity index is 1400. The summed E-state index contributed by atoms with van der Waals surface area (Å²) in [5.74, 6) is -1.15. The van der Waals surface area contributed by atoms with Crippen LogP contribution in [-0.4, -0.2) is 29.5 Å². The van der Waals surface area contributed by atoms with Gasteiger partial charge in [-0.1, -0.05) is 23.7 Å². The normalized spacial score (nSPS) is 11.3. The zero-order valence-electron chi connectivity index (χ0n) is 15.8. The number of hydrogen-bond donors (Lipinski definition) is 3. The van der Waals surface area contributed by atoms with Gasteiger partial charge in [0.05, 0.1) is 34.3 Å². The van der Waals surface area contributed by atoms with Gasteiger partial charge in [0.15, 0.2) is 0 Å². The van der Waals surface area contributed by atoms with Crippen molar-refractivity contribution in [3.8, 4) is 0 Å². The number of rotatable bonds is 6. The van der Waals surface area contributed by atoms with Gasteiger partial charge in [-0.3, -0.25) is 14.7 Å². The van der Waals surface area contributed by atoms with Crippen molar-refractivity contribution in [2.75, 3.05) is 10.0 Å². The van der Waals surface area contributed by atoms with E-state index in [9.17, 15) is 18.3 Å². The van der Waals surface area contributed by atoms with Crippen LogP contribution in [0.2, 0.25) is 5.02 Å². The monoisotopic (exact) mass is 454 g/mol. The number of nitrogens with one attached hydrogen (secondary N) is 2. The van der Waals surface area contributed by atoms with Gasteiger partial charge >= 0.3 is 5.97 Å². The van der Waals surface area contributed by atoms with Crippen molar-refractivity contribution in [2.45, 2.75) is 4.90 Å². The topological polar surface area (TPSA) is 121 Å². The fourth-order valence-electron chi connectivity index (χ4n) is 3.02. The van der Waals surface area contributed by atoms with Crippen molar-refractivity contribution in [3.05, 3.63) is 83.8 Å². The zero-order chi connectivity index (χ0) is 22.0. The molecule has 0 bridgehead atoms. The lowest BCUT2D eigenvalue weighted by atomic mass is 10.1. The van der Waals surface area contributed by atoms with Gasteiger partial charge < -0.3 is 10.4 Å². The molecule has 0 radical (unpaired) electrons. The summed E-state index contributed by atoms with van der Waals surface area (Å²) in [6.45, 7) is 0. The molecule has 0 fully saturated rings. The van der Waals surface area contributed by atoms with E-state index in [1.807, 2.05) is 0 Å². The Morgan fingerprint density at radius 3 is 2.52 bits per heavy atom. The summed E-state index contributed by atoms with van der Waals surface area (Å²) in [5, 5.41) is 13.3. The maximum absolute atomic E-state index is 13.2. The van der Waals surface area contributed by atoms with Gasteiger partial charge in [-0.2, -0.15) is 0 Å². The standard InChI is InChI=1S/C21H15ClN4O4S/c22-13-5-6-17-16(11-13)20(25-18-4-2-1-3-15(18)21(27)28)19(12-24-17)31(29,30)26-14-7-9-23-10-8-14/h1-12H,(H,23,26)(H,24,25)(H,27,28). The molecule has 31 heavy (non-hydrogen) atoms. The maximum atomic E-state index is 13.2. The second kappa shape index (κ2) is 8.21. The molecule has 0 atom stereocenters. The number of pyridine rings is 2. The molecule has 2 aromatic carbocycles. The van der Waals surface area contributed by atoms with E-state index in [1.165, 1.54) is 36.8 Å². The Hall–Kier alpha value is -3.69. The van der Waals surface area contributed by atoms with Crippen LogP contribution < -0.4 is 10.0 Å². The number of para-hydroxylation sites is 1. The molecule has 156 valence electrons. The van der Waals surface area contributed by atoms with Gasteiger partial charge in [0, 0.05) is 22.8 Å². The number of aromatic nitrogens is 2. The Morgan fingerprint density at radius 2 is 1.77 bits per heavy atom. The van der Waals surface area contributed by atoms with E-state index in [0.29, 0.717) is 21.6 Å². The van der Waals surface area contributed by atoms with Crippen LogP contribution in [0, 0.1) is 0 Å². The summed E-state index contributed by atoms with van der Waals surface area (Å²) >= 11 is 6.15. The minimum atomic E-state index is -4.09. The number of benzene rings is 2. The summed E-state index contributed by atoms with van der Waals surface area (Å²) < 4.78 is 28.9. The third-order valence-corrected chi connectivity index (χ3v) is 6.06. The molecule has 4 aromatic rings. The number of hydrogen-bond acceptors (Lipinski definition) is 6. The molecule has 2 aromatic heterocycles. The van der Waals surface area contributed by atoms with Crippen molar-refractivity contribution >= 4 is 55.6 Å². The van der Waals surface area contributed by atoms with E-state index in [0.717, 1.165) is 0 Å². The van der Waals surface area contributed by atoms with E-state index in [2.05, 4.69) is 20.0 Å². The van der Waals surface area contributed by atoms with Crippen molar-refractivity contribution < 1.29 is 18.3 Å². The van der Waals surface area contributed by atoms with Crippen molar-refractivity contribution in [3.63, 3.8) is 0 Å². The summed E-state index contributed by atoms with van der Waals surface area (Å²) in [5.41, 5.74) is 1.17. The largest absolute Gasteiger partial charge is 0.478 e. The molecule has 0 saturated carbocycles. The summed E-state index contributed by atoms with van der Waals surface area (Å²) in [4.78, 5) is 19.6. The van der Waals surface area contributed by atoms with Gasteiger partial charge in [-0.15, -0.1) is 0 Å². The zero-order valence-corrected chi connectivity index (χ0v) is 17.4. The van der Waals surface area contributed by atoms with Gasteiger partial charge in [-0.05, 0) is 42.5 Å². The smallest absolute Gasteiger partial charge is 0.337 e. The highest BCUT2D eigenvalue weighted by Crippen LogP contribution is 2.35. The molecule has 0 aliphatic rings. The fourth-order valence-corrected chi connectivity index (χ4v) is 4.37. The van der Waals surface area contributed by atoms with Crippen LogP contribution in [0.1, 0.15) is 10.4 Å². The lowest BCUT2D eigenvalue weighted by molar-refractivity contribution is 0.0698. The van der Waals surface area contributed by atoms with Crippen LogP contribution in [0.15, 0.2) is 78.1 Å². The number of nitrogens with zero attached hydrogens (tertiary/aromatic N) is 2. The molecule has 0 aliphatic heterocycles. The number of carboxylic acid groups (broad SMARTS) is 1. The second-order valence-corrected chi connectivity index (χ2v) is 8.56. The van der Waals surface area contributed by atoms with Crippen LogP contribution >= 0.6 is 11.6 Å². The summed E-state index contributed by atoms with van der Waals surface area (Å²) in [7, 11) is -4.09.